The van der Waals surface area contributed by atoms with Crippen LogP contribution in [-0.4, -0.2) is 35.1 Å². The first-order valence-corrected chi connectivity index (χ1v) is 5.61. The summed E-state index contributed by atoms with van der Waals surface area (Å²) in [6.45, 7) is 5.23. The highest BCUT2D eigenvalue weighted by Crippen LogP contribution is 2.29. The molecule has 0 aromatic heterocycles. The number of likely N-dealkylation sites (N-methyl/N-ethyl adjacent to an activating group) is 1. The van der Waals surface area contributed by atoms with E-state index in [0.29, 0.717) is 12.0 Å². The molecule has 82 valence electrons. The molecule has 0 aromatic rings. The van der Waals surface area contributed by atoms with E-state index in [9.17, 15) is 4.79 Å². The molecular weight excluding hydrogens is 178 g/mol. The molecule has 1 aliphatic rings. The summed E-state index contributed by atoms with van der Waals surface area (Å²) in [6.07, 6.45) is 5.19. The van der Waals surface area contributed by atoms with Gasteiger partial charge in [-0.3, -0.25) is 9.69 Å². The minimum atomic E-state index is -0.711. The summed E-state index contributed by atoms with van der Waals surface area (Å²) in [7, 11) is 0. The summed E-state index contributed by atoms with van der Waals surface area (Å²) in [5.41, 5.74) is 0. The predicted octanol–water partition coefficient (Wildman–Crippen LogP) is 1.97. The number of hydrogen-bond donors (Lipinski definition) is 1. The topological polar surface area (TPSA) is 40.5 Å². The molecule has 0 radical (unpaired) electrons. The van der Waals surface area contributed by atoms with Crippen molar-refractivity contribution in [2.24, 2.45) is 5.92 Å². The van der Waals surface area contributed by atoms with Crippen LogP contribution in [0, 0.1) is 5.92 Å². The largest absolute Gasteiger partial charge is 0.480 e. The summed E-state index contributed by atoms with van der Waals surface area (Å²) in [5.74, 6) is 0.00555. The highest BCUT2D eigenvalue weighted by Gasteiger charge is 2.26. The number of nitrogens with zero attached hydrogens (tertiary/aromatic N) is 1. The van der Waals surface area contributed by atoms with Gasteiger partial charge in [-0.25, -0.2) is 0 Å². The fourth-order valence-electron chi connectivity index (χ4n) is 2.46. The van der Waals surface area contributed by atoms with Gasteiger partial charge >= 0.3 is 5.97 Å². The van der Waals surface area contributed by atoms with Gasteiger partial charge in [-0.1, -0.05) is 19.8 Å². The fraction of sp³-hybridized carbons (Fsp3) is 0.909. The summed E-state index contributed by atoms with van der Waals surface area (Å²) in [5, 5.41) is 8.77. The molecule has 1 saturated carbocycles. The van der Waals surface area contributed by atoms with Gasteiger partial charge in [0.25, 0.3) is 0 Å². The van der Waals surface area contributed by atoms with Crippen molar-refractivity contribution >= 4 is 5.97 Å². The van der Waals surface area contributed by atoms with Crippen molar-refractivity contribution < 1.29 is 9.90 Å². The zero-order chi connectivity index (χ0) is 10.6. The third-order valence-electron chi connectivity index (χ3n) is 3.40. The van der Waals surface area contributed by atoms with E-state index in [-0.39, 0.29) is 6.54 Å². The molecule has 0 aromatic carbocycles. The quantitative estimate of drug-likeness (QED) is 0.736. The summed E-state index contributed by atoms with van der Waals surface area (Å²) < 4.78 is 0. The lowest BCUT2D eigenvalue weighted by molar-refractivity contribution is -0.139. The molecule has 3 heteroatoms. The molecule has 1 rings (SSSR count). The molecule has 14 heavy (non-hydrogen) atoms. The van der Waals surface area contributed by atoms with Crippen LogP contribution in [0.1, 0.15) is 39.5 Å². The second-order valence-corrected chi connectivity index (χ2v) is 4.24. The monoisotopic (exact) mass is 199 g/mol. The third-order valence-corrected chi connectivity index (χ3v) is 3.40. The normalized spacial score (nSPS) is 20.2. The number of hydrogen-bond acceptors (Lipinski definition) is 2. The highest BCUT2D eigenvalue weighted by atomic mass is 16.4. The zero-order valence-electron chi connectivity index (χ0n) is 9.20. The standard InChI is InChI=1S/C11H21NO2/c1-3-12(8-11(13)14)9(2)10-6-4-5-7-10/h9-10H,3-8H2,1-2H3,(H,13,14). The zero-order valence-corrected chi connectivity index (χ0v) is 9.20. The third kappa shape index (κ3) is 2.98. The molecular formula is C11H21NO2. The van der Waals surface area contributed by atoms with E-state index in [0.717, 1.165) is 6.54 Å². The molecule has 1 fully saturated rings. The molecule has 0 spiro atoms. The Morgan fingerprint density at radius 1 is 1.50 bits per heavy atom. The fourth-order valence-corrected chi connectivity index (χ4v) is 2.46. The van der Waals surface area contributed by atoms with E-state index in [2.05, 4.69) is 11.8 Å². The van der Waals surface area contributed by atoms with E-state index in [1.165, 1.54) is 25.7 Å². The first-order valence-electron chi connectivity index (χ1n) is 5.61. The number of aliphatic carboxylic acids is 1. The lowest BCUT2D eigenvalue weighted by Crippen LogP contribution is -2.40. The number of carboxylic acid groups (broad SMARTS) is 1. The van der Waals surface area contributed by atoms with Crippen LogP contribution in [-0.2, 0) is 4.79 Å². The average Bonchev–Trinajstić information content (AvgIpc) is 2.65. The SMILES string of the molecule is CCN(CC(=O)O)C(C)C1CCCC1. The van der Waals surface area contributed by atoms with Crippen molar-refractivity contribution in [2.45, 2.75) is 45.6 Å². The summed E-state index contributed by atoms with van der Waals surface area (Å²) >= 11 is 0. The maximum Gasteiger partial charge on any atom is 0.317 e. The molecule has 3 nitrogen and oxygen atoms in total. The van der Waals surface area contributed by atoms with Crippen LogP contribution >= 0.6 is 0 Å². The molecule has 1 unspecified atom stereocenters. The molecule has 0 bridgehead atoms. The molecule has 0 saturated heterocycles. The lowest BCUT2D eigenvalue weighted by atomic mass is 9.98. The first kappa shape index (κ1) is 11.5. The van der Waals surface area contributed by atoms with E-state index < -0.39 is 5.97 Å². The maximum absolute atomic E-state index is 10.6. The Hall–Kier alpha value is -0.570. The Morgan fingerprint density at radius 3 is 2.50 bits per heavy atom. The van der Waals surface area contributed by atoms with Gasteiger partial charge in [0.15, 0.2) is 0 Å². The Balaban J connectivity index is 2.45. The molecule has 0 amide bonds. The second-order valence-electron chi connectivity index (χ2n) is 4.24. The number of carbonyl (C=O) groups is 1. The molecule has 1 aliphatic carbocycles. The van der Waals surface area contributed by atoms with Crippen LogP contribution in [0.5, 0.6) is 0 Å². The Morgan fingerprint density at radius 2 is 2.07 bits per heavy atom. The number of carboxylic acids is 1. The van der Waals surface area contributed by atoms with Crippen molar-refractivity contribution in [3.05, 3.63) is 0 Å². The van der Waals surface area contributed by atoms with Crippen LogP contribution in [0.15, 0.2) is 0 Å². The van der Waals surface area contributed by atoms with E-state index in [1.807, 2.05) is 6.92 Å². The van der Waals surface area contributed by atoms with Gasteiger partial charge in [0, 0.05) is 6.04 Å². The van der Waals surface area contributed by atoms with Gasteiger partial charge in [-0.05, 0) is 32.2 Å². The predicted molar refractivity (Wildman–Crippen MR) is 56.3 cm³/mol. The van der Waals surface area contributed by atoms with Gasteiger partial charge in [0.2, 0.25) is 0 Å². The van der Waals surface area contributed by atoms with Crippen molar-refractivity contribution in [3.63, 3.8) is 0 Å². The Labute approximate surface area is 86.1 Å². The summed E-state index contributed by atoms with van der Waals surface area (Å²) in [4.78, 5) is 12.7. The van der Waals surface area contributed by atoms with Gasteiger partial charge in [0.05, 0.1) is 6.54 Å². The molecule has 0 aliphatic heterocycles. The van der Waals surface area contributed by atoms with Crippen LogP contribution in [0.2, 0.25) is 0 Å². The molecule has 0 heterocycles. The van der Waals surface area contributed by atoms with Crippen molar-refractivity contribution in [2.75, 3.05) is 13.1 Å². The van der Waals surface area contributed by atoms with Gasteiger partial charge in [-0.2, -0.15) is 0 Å². The summed E-state index contributed by atoms with van der Waals surface area (Å²) in [6, 6.07) is 0.429. The van der Waals surface area contributed by atoms with Crippen molar-refractivity contribution in [1.82, 2.24) is 4.90 Å². The Kier molecular flexibility index (Phi) is 4.39. The van der Waals surface area contributed by atoms with Crippen LogP contribution in [0.3, 0.4) is 0 Å². The maximum atomic E-state index is 10.6. The van der Waals surface area contributed by atoms with Gasteiger partial charge in [-0.15, -0.1) is 0 Å². The Bertz CT molecular complexity index is 188. The van der Waals surface area contributed by atoms with E-state index in [4.69, 9.17) is 5.11 Å². The minimum Gasteiger partial charge on any atom is -0.480 e. The smallest absolute Gasteiger partial charge is 0.317 e. The van der Waals surface area contributed by atoms with E-state index >= 15 is 0 Å². The first-order chi connectivity index (χ1) is 6.65. The lowest BCUT2D eigenvalue weighted by Gasteiger charge is -2.30. The molecule has 1 N–H and O–H groups in total. The van der Waals surface area contributed by atoms with Gasteiger partial charge in [0.1, 0.15) is 0 Å². The van der Waals surface area contributed by atoms with Gasteiger partial charge < -0.3 is 5.11 Å². The van der Waals surface area contributed by atoms with Crippen molar-refractivity contribution in [3.8, 4) is 0 Å². The van der Waals surface area contributed by atoms with Crippen LogP contribution in [0.25, 0.3) is 0 Å². The van der Waals surface area contributed by atoms with Crippen molar-refractivity contribution in [1.29, 1.82) is 0 Å². The molecule has 1 atom stereocenters. The second kappa shape index (κ2) is 5.35. The number of rotatable bonds is 5. The van der Waals surface area contributed by atoms with Crippen LogP contribution in [0.4, 0.5) is 0 Å². The van der Waals surface area contributed by atoms with Crippen LogP contribution < -0.4 is 0 Å². The highest BCUT2D eigenvalue weighted by molar-refractivity contribution is 5.69. The average molecular weight is 199 g/mol. The van der Waals surface area contributed by atoms with E-state index in [1.54, 1.807) is 0 Å². The minimum absolute atomic E-state index is 0.189.